The van der Waals surface area contributed by atoms with Crippen LogP contribution < -0.4 is 10.2 Å². The van der Waals surface area contributed by atoms with E-state index in [0.717, 1.165) is 55.2 Å². The van der Waals surface area contributed by atoms with Crippen molar-refractivity contribution in [2.24, 2.45) is 0 Å². The molecule has 9 heteroatoms. The largest absolute Gasteiger partial charge is 0.343 e. The Balaban J connectivity index is 1.32. The van der Waals surface area contributed by atoms with Crippen molar-refractivity contribution in [3.8, 4) is 0 Å². The number of likely N-dealkylation sites (N-methyl/N-ethyl adjacent to an activating group) is 1. The Kier molecular flexibility index (Phi) is 7.77. The van der Waals surface area contributed by atoms with Gasteiger partial charge in [0.15, 0.2) is 0 Å². The Morgan fingerprint density at radius 1 is 1.13 bits per heavy atom. The minimum absolute atomic E-state index is 0.0733. The van der Waals surface area contributed by atoms with E-state index >= 15 is 0 Å². The van der Waals surface area contributed by atoms with Crippen LogP contribution in [0.5, 0.6) is 0 Å². The molecule has 2 saturated heterocycles. The molecule has 0 aliphatic carbocycles. The second-order valence-electron chi connectivity index (χ2n) is 12.2. The molecule has 0 saturated carbocycles. The molecule has 0 bridgehead atoms. The molecule has 1 aromatic heterocycles. The number of nitrogens with one attached hydrogen (secondary N) is 1. The molecular weight excluding hydrogens is 495 g/mol. The maximum atomic E-state index is 13.9. The molecule has 2 aromatic rings. The highest BCUT2D eigenvalue weighted by atomic mass is 19.1. The van der Waals surface area contributed by atoms with Crippen LogP contribution in [0, 0.1) is 5.82 Å². The highest BCUT2D eigenvalue weighted by Gasteiger charge is 2.41. The number of halogens is 1. The maximum Gasteiger partial charge on any atom is 0.241 e. The van der Waals surface area contributed by atoms with E-state index in [9.17, 15) is 14.0 Å². The van der Waals surface area contributed by atoms with Crippen molar-refractivity contribution in [3.63, 3.8) is 0 Å². The summed E-state index contributed by atoms with van der Waals surface area (Å²) in [5.41, 5.74) is 3.57. The van der Waals surface area contributed by atoms with E-state index in [1.165, 1.54) is 12.1 Å². The van der Waals surface area contributed by atoms with E-state index < -0.39 is 0 Å². The van der Waals surface area contributed by atoms with Crippen molar-refractivity contribution < 1.29 is 14.0 Å². The summed E-state index contributed by atoms with van der Waals surface area (Å²) in [5, 5.41) is 3.57. The number of fused-ring (bicyclic) bond motifs is 1. The van der Waals surface area contributed by atoms with Crippen LogP contribution in [-0.4, -0.2) is 102 Å². The van der Waals surface area contributed by atoms with Gasteiger partial charge in [0.1, 0.15) is 5.82 Å². The molecule has 3 aliphatic rings. The minimum Gasteiger partial charge on any atom is -0.343 e. The molecule has 3 aliphatic heterocycles. The fraction of sp³-hybridized carbons (Fsp3) is 0.567. The molecule has 4 heterocycles. The highest BCUT2D eigenvalue weighted by molar-refractivity contribution is 5.97. The van der Waals surface area contributed by atoms with Crippen molar-refractivity contribution in [3.05, 3.63) is 59.2 Å². The number of piperazine rings is 2. The van der Waals surface area contributed by atoms with Crippen molar-refractivity contribution in [1.29, 1.82) is 0 Å². The molecule has 0 radical (unpaired) electrons. The lowest BCUT2D eigenvalue weighted by Gasteiger charge is -2.44. The van der Waals surface area contributed by atoms with Gasteiger partial charge >= 0.3 is 0 Å². The summed E-state index contributed by atoms with van der Waals surface area (Å²) in [6.07, 6.45) is 2.51. The molecule has 210 valence electrons. The molecule has 39 heavy (non-hydrogen) atoms. The van der Waals surface area contributed by atoms with Gasteiger partial charge in [-0.25, -0.2) is 4.39 Å². The lowest BCUT2D eigenvalue weighted by Crippen LogP contribution is -2.63. The van der Waals surface area contributed by atoms with Gasteiger partial charge in [0.2, 0.25) is 11.8 Å². The fourth-order valence-electron chi connectivity index (χ4n) is 6.18. The Labute approximate surface area is 231 Å². The average Bonchev–Trinajstić information content (AvgIpc) is 3.17. The van der Waals surface area contributed by atoms with Crippen LogP contribution in [0.1, 0.15) is 44.5 Å². The first-order chi connectivity index (χ1) is 18.5. The molecule has 5 rings (SSSR count). The first-order valence-electron chi connectivity index (χ1n) is 14.0. The number of nitrogens with zero attached hydrogens (tertiary/aromatic N) is 5. The summed E-state index contributed by atoms with van der Waals surface area (Å²) in [6.45, 7) is 13.2. The Morgan fingerprint density at radius 2 is 1.87 bits per heavy atom. The number of rotatable bonds is 6. The Bertz CT molecular complexity index is 1220. The van der Waals surface area contributed by atoms with Gasteiger partial charge in [-0.05, 0) is 49.6 Å². The van der Waals surface area contributed by atoms with Crippen LogP contribution in [0.25, 0.3) is 0 Å². The van der Waals surface area contributed by atoms with Gasteiger partial charge in [-0.1, -0.05) is 26.0 Å². The van der Waals surface area contributed by atoms with E-state index in [1.54, 1.807) is 17.0 Å². The van der Waals surface area contributed by atoms with E-state index in [4.69, 9.17) is 4.98 Å². The zero-order chi connectivity index (χ0) is 27.9. The van der Waals surface area contributed by atoms with Crippen LogP contribution >= 0.6 is 0 Å². The molecule has 2 fully saturated rings. The van der Waals surface area contributed by atoms with Gasteiger partial charge in [0, 0.05) is 70.0 Å². The topological polar surface area (TPSA) is 72.0 Å². The summed E-state index contributed by atoms with van der Waals surface area (Å²) in [4.78, 5) is 39.5. The van der Waals surface area contributed by atoms with Crippen molar-refractivity contribution in [1.82, 2.24) is 25.0 Å². The average molecular weight is 537 g/mol. The number of amides is 2. The van der Waals surface area contributed by atoms with Crippen LogP contribution in [0.2, 0.25) is 0 Å². The molecule has 1 aromatic carbocycles. The summed E-state index contributed by atoms with van der Waals surface area (Å²) in [6, 6.07) is 8.86. The van der Waals surface area contributed by atoms with Gasteiger partial charge in [-0.15, -0.1) is 0 Å². The minimum atomic E-state index is -0.251. The van der Waals surface area contributed by atoms with Crippen LogP contribution in [0.3, 0.4) is 0 Å². The number of anilines is 1. The quantitative estimate of drug-likeness (QED) is 0.611. The normalized spacial score (nSPS) is 25.7. The Morgan fingerprint density at radius 3 is 2.62 bits per heavy atom. The monoisotopic (exact) mass is 536 g/mol. The van der Waals surface area contributed by atoms with E-state index in [1.807, 2.05) is 25.1 Å². The number of carbonyl (C=O) groups excluding carboxylic acids is 2. The lowest BCUT2D eigenvalue weighted by molar-refractivity contribution is -0.140. The van der Waals surface area contributed by atoms with Crippen molar-refractivity contribution in [2.45, 2.75) is 57.7 Å². The van der Waals surface area contributed by atoms with Gasteiger partial charge < -0.3 is 15.1 Å². The van der Waals surface area contributed by atoms with Crippen LogP contribution in [0.15, 0.2) is 36.5 Å². The van der Waals surface area contributed by atoms with Crippen LogP contribution in [-0.2, 0) is 21.4 Å². The van der Waals surface area contributed by atoms with Crippen LogP contribution in [0.4, 0.5) is 10.1 Å². The third-order valence-electron chi connectivity index (χ3n) is 8.55. The molecular formula is C30H41FN6O2. The van der Waals surface area contributed by atoms with Crippen molar-refractivity contribution >= 4 is 17.5 Å². The number of benzene rings is 1. The van der Waals surface area contributed by atoms with Gasteiger partial charge in [-0.3, -0.25) is 24.4 Å². The Hall–Kier alpha value is -2.88. The maximum absolute atomic E-state index is 13.9. The predicted molar refractivity (Wildman–Crippen MR) is 150 cm³/mol. The number of carbonyl (C=O) groups is 2. The molecule has 2 amide bonds. The standard InChI is InChI=1S/C30H41FN6O2/c1-20-16-36(25(15-32-20)17-35-11-10-34(5)29(39)21(35)2)18-27(38)37-19-30(3,4)28-26(37)13-23(14-33-28)12-22-6-8-24(31)9-7-22/h6-9,13-14,20-21,25,32H,10-12,15-19H2,1-5H3/t20-,21-,25-/m1/s1. The first kappa shape index (κ1) is 27.7. The molecule has 0 unspecified atom stereocenters. The SMILES string of the molecule is C[C@@H]1CN(CC(=O)N2CC(C)(C)c3ncc(Cc4ccc(F)cc4)cc32)[C@@H](CN2CCN(C)C(=O)[C@H]2C)CN1. The highest BCUT2D eigenvalue weighted by Crippen LogP contribution is 2.39. The summed E-state index contributed by atoms with van der Waals surface area (Å²) in [5.74, 6) is -0.0245. The molecule has 1 N–H and O–H groups in total. The molecule has 0 spiro atoms. The van der Waals surface area contributed by atoms with E-state index in [-0.39, 0.29) is 41.2 Å². The van der Waals surface area contributed by atoms with Gasteiger partial charge in [0.25, 0.3) is 0 Å². The summed E-state index contributed by atoms with van der Waals surface area (Å²) < 4.78 is 13.4. The van der Waals surface area contributed by atoms with Gasteiger partial charge in [0.05, 0.1) is 24.0 Å². The van der Waals surface area contributed by atoms with Gasteiger partial charge in [-0.2, -0.15) is 0 Å². The zero-order valence-electron chi connectivity index (χ0n) is 23.8. The third-order valence-corrected chi connectivity index (χ3v) is 8.55. The summed E-state index contributed by atoms with van der Waals surface area (Å²) >= 11 is 0. The number of pyridine rings is 1. The number of hydrogen-bond acceptors (Lipinski definition) is 6. The summed E-state index contributed by atoms with van der Waals surface area (Å²) in [7, 11) is 1.86. The first-order valence-corrected chi connectivity index (χ1v) is 14.0. The predicted octanol–water partition coefficient (Wildman–Crippen LogP) is 2.26. The lowest BCUT2D eigenvalue weighted by atomic mass is 9.91. The smallest absolute Gasteiger partial charge is 0.241 e. The number of aromatic nitrogens is 1. The fourth-order valence-corrected chi connectivity index (χ4v) is 6.18. The van der Waals surface area contributed by atoms with Crippen molar-refractivity contribution in [2.75, 3.05) is 57.8 Å². The second kappa shape index (κ2) is 10.9. The molecule has 3 atom stereocenters. The third kappa shape index (κ3) is 5.85. The second-order valence-corrected chi connectivity index (χ2v) is 12.2. The number of hydrogen-bond donors (Lipinski definition) is 1. The zero-order valence-corrected chi connectivity index (χ0v) is 23.8. The molecule has 8 nitrogen and oxygen atoms in total. The van der Waals surface area contributed by atoms with E-state index in [2.05, 4.69) is 42.0 Å². The van der Waals surface area contributed by atoms with E-state index in [0.29, 0.717) is 19.5 Å².